The second-order valence-corrected chi connectivity index (χ2v) is 8.93. The molecule has 2 fully saturated rings. The highest BCUT2D eigenvalue weighted by atomic mass is 79.9. The van der Waals surface area contributed by atoms with Gasteiger partial charge in [-0.1, -0.05) is 22.4 Å². The van der Waals surface area contributed by atoms with Crippen LogP contribution in [0.15, 0.2) is 32.0 Å². The summed E-state index contributed by atoms with van der Waals surface area (Å²) in [6.07, 6.45) is 4.61. The van der Waals surface area contributed by atoms with Gasteiger partial charge in [-0.05, 0) is 65.2 Å². The lowest BCUT2D eigenvalue weighted by atomic mass is 9.96. The lowest BCUT2D eigenvalue weighted by Crippen LogP contribution is -2.38. The summed E-state index contributed by atoms with van der Waals surface area (Å²) in [6.45, 7) is 0. The fourth-order valence-corrected chi connectivity index (χ4v) is 6.15. The van der Waals surface area contributed by atoms with E-state index in [2.05, 4.69) is 36.6 Å². The average Bonchev–Trinajstić information content (AvgIpc) is 2.93. The second kappa shape index (κ2) is 5.13. The normalized spacial score (nSPS) is 29.9. The molecule has 0 amide bonds. The van der Waals surface area contributed by atoms with E-state index >= 15 is 0 Å². The highest BCUT2D eigenvalue weighted by molar-refractivity contribution is 9.11. The third kappa shape index (κ3) is 2.77. The van der Waals surface area contributed by atoms with Gasteiger partial charge in [-0.3, -0.25) is 0 Å². The first-order chi connectivity index (χ1) is 8.95. The minimum absolute atomic E-state index is 0.120. The van der Waals surface area contributed by atoms with E-state index in [0.29, 0.717) is 15.3 Å². The van der Waals surface area contributed by atoms with Gasteiger partial charge in [0.15, 0.2) is 0 Å². The van der Waals surface area contributed by atoms with Crippen molar-refractivity contribution >= 4 is 41.9 Å². The van der Waals surface area contributed by atoms with E-state index in [0.717, 1.165) is 23.2 Å². The quantitative estimate of drug-likeness (QED) is 0.828. The maximum atomic E-state index is 12.5. The molecule has 2 bridgehead atoms. The predicted octanol–water partition coefficient (Wildman–Crippen LogP) is 3.68. The van der Waals surface area contributed by atoms with Crippen molar-refractivity contribution in [1.82, 2.24) is 4.72 Å². The third-order valence-corrected chi connectivity index (χ3v) is 7.20. The molecule has 3 rings (SSSR count). The Kier molecular flexibility index (Phi) is 3.79. The molecule has 2 aliphatic carbocycles. The molecule has 0 aliphatic heterocycles. The maximum Gasteiger partial charge on any atom is 0.241 e. The van der Waals surface area contributed by atoms with Crippen LogP contribution in [0.1, 0.15) is 25.7 Å². The van der Waals surface area contributed by atoms with E-state index in [4.69, 9.17) is 0 Å². The monoisotopic (exact) mass is 407 g/mol. The highest BCUT2D eigenvalue weighted by Gasteiger charge is 2.41. The van der Waals surface area contributed by atoms with Crippen molar-refractivity contribution in [2.45, 2.75) is 36.6 Å². The molecule has 104 valence electrons. The lowest BCUT2D eigenvalue weighted by Gasteiger charge is -2.23. The Bertz CT molecular complexity index is 603. The van der Waals surface area contributed by atoms with Crippen molar-refractivity contribution in [3.05, 3.63) is 27.1 Å². The Morgan fingerprint density at radius 1 is 1.16 bits per heavy atom. The molecule has 6 heteroatoms. The molecule has 1 aromatic rings. The Labute approximate surface area is 130 Å². The molecule has 3 nitrogen and oxygen atoms in total. The molecular weight excluding hydrogens is 394 g/mol. The van der Waals surface area contributed by atoms with Gasteiger partial charge in [-0.2, -0.15) is 0 Å². The number of halogens is 2. The number of fused-ring (bicyclic) bond motifs is 2. The fourth-order valence-electron chi connectivity index (χ4n) is 3.33. The van der Waals surface area contributed by atoms with Crippen molar-refractivity contribution < 1.29 is 8.42 Å². The Balaban J connectivity index is 1.85. The van der Waals surface area contributed by atoms with Crippen LogP contribution in [0.3, 0.4) is 0 Å². The molecule has 3 unspecified atom stereocenters. The van der Waals surface area contributed by atoms with Crippen LogP contribution >= 0.6 is 31.9 Å². The van der Waals surface area contributed by atoms with Gasteiger partial charge >= 0.3 is 0 Å². The standard InChI is InChI=1S/C13H15Br2NO2S/c14-10-3-4-11(15)13(7-10)19(17,18)16-12-6-8-1-2-9(12)5-8/h3-4,7-9,12,16H,1-2,5-6H2. The zero-order chi connectivity index (χ0) is 13.6. The van der Waals surface area contributed by atoms with Gasteiger partial charge in [-0.15, -0.1) is 0 Å². The van der Waals surface area contributed by atoms with E-state index in [9.17, 15) is 8.42 Å². The van der Waals surface area contributed by atoms with E-state index in [1.807, 2.05) is 6.07 Å². The summed E-state index contributed by atoms with van der Waals surface area (Å²) in [5.41, 5.74) is 0. The minimum Gasteiger partial charge on any atom is -0.208 e. The first kappa shape index (κ1) is 14.0. The highest BCUT2D eigenvalue weighted by Crippen LogP contribution is 2.45. The summed E-state index contributed by atoms with van der Waals surface area (Å²) in [5, 5.41) is 0. The van der Waals surface area contributed by atoms with Gasteiger partial charge in [0, 0.05) is 15.0 Å². The number of benzene rings is 1. The molecule has 0 spiro atoms. The molecule has 3 atom stereocenters. The smallest absolute Gasteiger partial charge is 0.208 e. The van der Waals surface area contributed by atoms with Gasteiger partial charge < -0.3 is 0 Å². The molecule has 1 N–H and O–H groups in total. The van der Waals surface area contributed by atoms with Crippen molar-refractivity contribution in [3.8, 4) is 0 Å². The zero-order valence-electron chi connectivity index (χ0n) is 10.3. The summed E-state index contributed by atoms with van der Waals surface area (Å²) in [6, 6.07) is 5.33. The minimum atomic E-state index is -3.45. The maximum absolute atomic E-state index is 12.5. The average molecular weight is 409 g/mol. The summed E-state index contributed by atoms with van der Waals surface area (Å²) in [4.78, 5) is 0.310. The number of hydrogen-bond donors (Lipinski definition) is 1. The van der Waals surface area contributed by atoms with Crippen molar-refractivity contribution in [1.29, 1.82) is 0 Å². The molecule has 2 aliphatic rings. The first-order valence-corrected chi connectivity index (χ1v) is 9.50. The molecule has 2 saturated carbocycles. The number of sulfonamides is 1. The van der Waals surface area contributed by atoms with Crippen molar-refractivity contribution in [3.63, 3.8) is 0 Å². The summed E-state index contributed by atoms with van der Waals surface area (Å²) >= 11 is 6.64. The molecule has 0 heterocycles. The van der Waals surface area contributed by atoms with Crippen LogP contribution in [0.4, 0.5) is 0 Å². The van der Waals surface area contributed by atoms with Gasteiger partial charge in [0.05, 0.1) is 4.90 Å². The number of rotatable bonds is 3. The summed E-state index contributed by atoms with van der Waals surface area (Å²) < 4.78 is 29.2. The van der Waals surface area contributed by atoms with Gasteiger partial charge in [0.1, 0.15) is 0 Å². The van der Waals surface area contributed by atoms with Gasteiger partial charge in [-0.25, -0.2) is 13.1 Å². The molecule has 0 aromatic heterocycles. The van der Waals surface area contributed by atoms with Crippen LogP contribution in [0.5, 0.6) is 0 Å². The SMILES string of the molecule is O=S(=O)(NC1CC2CCC1C2)c1cc(Br)ccc1Br. The fraction of sp³-hybridized carbons (Fsp3) is 0.538. The van der Waals surface area contributed by atoms with Crippen molar-refractivity contribution in [2.24, 2.45) is 11.8 Å². The predicted molar refractivity (Wildman–Crippen MR) is 81.4 cm³/mol. The molecule has 19 heavy (non-hydrogen) atoms. The third-order valence-electron chi connectivity index (χ3n) is 4.23. The van der Waals surface area contributed by atoms with E-state index in [1.54, 1.807) is 12.1 Å². The van der Waals surface area contributed by atoms with Crippen molar-refractivity contribution in [2.75, 3.05) is 0 Å². The van der Waals surface area contributed by atoms with Crippen LogP contribution in [0, 0.1) is 11.8 Å². The van der Waals surface area contributed by atoms with E-state index < -0.39 is 10.0 Å². The largest absolute Gasteiger partial charge is 0.241 e. The number of hydrogen-bond acceptors (Lipinski definition) is 2. The first-order valence-electron chi connectivity index (χ1n) is 6.43. The second-order valence-electron chi connectivity index (χ2n) is 5.48. The van der Waals surface area contributed by atoms with E-state index in [1.165, 1.54) is 12.8 Å². The van der Waals surface area contributed by atoms with Crippen LogP contribution in [0.25, 0.3) is 0 Å². The van der Waals surface area contributed by atoms with Gasteiger partial charge in [0.25, 0.3) is 0 Å². The van der Waals surface area contributed by atoms with Gasteiger partial charge in [0.2, 0.25) is 10.0 Å². The molecule has 0 saturated heterocycles. The Morgan fingerprint density at radius 3 is 2.58 bits per heavy atom. The molecular formula is C13H15Br2NO2S. The molecule has 1 aromatic carbocycles. The summed E-state index contributed by atoms with van der Waals surface area (Å²) in [7, 11) is -3.45. The number of nitrogens with one attached hydrogen (secondary N) is 1. The van der Waals surface area contributed by atoms with Crippen LogP contribution in [-0.4, -0.2) is 14.5 Å². The summed E-state index contributed by atoms with van der Waals surface area (Å²) in [5.74, 6) is 1.26. The van der Waals surface area contributed by atoms with E-state index in [-0.39, 0.29) is 6.04 Å². The topological polar surface area (TPSA) is 46.2 Å². The van der Waals surface area contributed by atoms with Crippen LogP contribution in [0.2, 0.25) is 0 Å². The molecule has 0 radical (unpaired) electrons. The zero-order valence-corrected chi connectivity index (χ0v) is 14.3. The van der Waals surface area contributed by atoms with Crippen LogP contribution < -0.4 is 4.72 Å². The Hall–Kier alpha value is 0.0900. The Morgan fingerprint density at radius 2 is 1.95 bits per heavy atom. The van der Waals surface area contributed by atoms with Crippen LogP contribution in [-0.2, 0) is 10.0 Å². The lowest BCUT2D eigenvalue weighted by molar-refractivity contribution is 0.390.